The van der Waals surface area contributed by atoms with Crippen LogP contribution in [0.5, 0.6) is 0 Å². The quantitative estimate of drug-likeness (QED) is 0.554. The van der Waals surface area contributed by atoms with E-state index in [0.29, 0.717) is 11.3 Å². The van der Waals surface area contributed by atoms with E-state index in [0.717, 1.165) is 0 Å². The zero-order chi connectivity index (χ0) is 9.15. The normalized spacial score (nSPS) is 32.7. The van der Waals surface area contributed by atoms with E-state index in [9.17, 15) is 0 Å². The summed E-state index contributed by atoms with van der Waals surface area (Å²) in [4.78, 5) is 0. The van der Waals surface area contributed by atoms with Gasteiger partial charge in [-0.1, -0.05) is 32.1 Å². The molecule has 0 bridgehead atoms. The van der Waals surface area contributed by atoms with Crippen LogP contribution in [0.4, 0.5) is 0 Å². The lowest BCUT2D eigenvalue weighted by Gasteiger charge is -2.44. The van der Waals surface area contributed by atoms with Crippen molar-refractivity contribution < 1.29 is 0 Å². The van der Waals surface area contributed by atoms with E-state index >= 15 is 0 Å². The molecular formula is C12H19N. The van der Waals surface area contributed by atoms with Gasteiger partial charge >= 0.3 is 0 Å². The highest BCUT2D eigenvalue weighted by Gasteiger charge is 2.41. The van der Waals surface area contributed by atoms with Gasteiger partial charge < -0.3 is 0 Å². The van der Waals surface area contributed by atoms with Gasteiger partial charge in [0.25, 0.3) is 0 Å². The molecule has 2 saturated carbocycles. The molecule has 2 aliphatic rings. The fourth-order valence-electron chi connectivity index (χ4n) is 3.36. The number of rotatable bonds is 0. The Morgan fingerprint density at radius 2 is 1.54 bits per heavy atom. The molecule has 0 aromatic heterocycles. The van der Waals surface area contributed by atoms with Gasteiger partial charge in [-0.2, -0.15) is 5.26 Å². The molecule has 1 atom stereocenters. The maximum atomic E-state index is 9.16. The molecule has 1 spiro atoms. The molecule has 1 nitrogen and oxygen atoms in total. The smallest absolute Gasteiger partial charge is 0.0661 e. The average Bonchev–Trinajstić information content (AvgIpc) is 2.20. The Balaban J connectivity index is 2.11. The van der Waals surface area contributed by atoms with E-state index in [1.54, 1.807) is 0 Å². The second-order valence-electron chi connectivity index (χ2n) is 4.85. The largest absolute Gasteiger partial charge is 0.198 e. The molecule has 0 radical (unpaired) electrons. The molecule has 1 heteroatoms. The molecule has 13 heavy (non-hydrogen) atoms. The van der Waals surface area contributed by atoms with Crippen LogP contribution < -0.4 is 0 Å². The maximum absolute atomic E-state index is 9.16. The second kappa shape index (κ2) is 3.70. The Morgan fingerprint density at radius 3 is 2.15 bits per heavy atom. The van der Waals surface area contributed by atoms with Gasteiger partial charge in [0.15, 0.2) is 0 Å². The van der Waals surface area contributed by atoms with Gasteiger partial charge in [0.05, 0.1) is 12.0 Å². The van der Waals surface area contributed by atoms with Crippen LogP contribution in [-0.2, 0) is 0 Å². The lowest BCUT2D eigenvalue weighted by molar-refractivity contribution is 0.0800. The summed E-state index contributed by atoms with van der Waals surface area (Å²) in [6.45, 7) is 0. The first-order chi connectivity index (χ1) is 6.37. The number of hydrogen-bond donors (Lipinski definition) is 0. The van der Waals surface area contributed by atoms with Crippen molar-refractivity contribution in [2.24, 2.45) is 11.3 Å². The number of nitrogens with zero attached hydrogens (tertiary/aromatic N) is 1. The molecule has 0 amide bonds. The van der Waals surface area contributed by atoms with Crippen LogP contribution in [0, 0.1) is 22.7 Å². The van der Waals surface area contributed by atoms with Crippen molar-refractivity contribution in [3.8, 4) is 6.07 Å². The highest BCUT2D eigenvalue weighted by molar-refractivity contribution is 5.01. The first-order valence-electron chi connectivity index (χ1n) is 5.77. The Bertz CT molecular complexity index is 199. The highest BCUT2D eigenvalue weighted by atomic mass is 14.5. The Kier molecular flexibility index (Phi) is 2.58. The zero-order valence-electron chi connectivity index (χ0n) is 8.39. The molecule has 1 unspecified atom stereocenters. The van der Waals surface area contributed by atoms with E-state index < -0.39 is 0 Å². The lowest BCUT2D eigenvalue weighted by atomic mass is 9.60. The number of hydrogen-bond acceptors (Lipinski definition) is 1. The standard InChI is InChI=1S/C12H19N/c13-10-11-6-2-5-9-12(11)7-3-1-4-8-12/h11H,1-9H2. The van der Waals surface area contributed by atoms with Crippen LogP contribution in [0.3, 0.4) is 0 Å². The number of nitriles is 1. The fourth-order valence-corrected chi connectivity index (χ4v) is 3.36. The molecular weight excluding hydrogens is 158 g/mol. The van der Waals surface area contributed by atoms with Gasteiger partial charge in [-0.15, -0.1) is 0 Å². The van der Waals surface area contributed by atoms with E-state index in [4.69, 9.17) is 5.26 Å². The molecule has 0 aromatic rings. The van der Waals surface area contributed by atoms with Crippen LogP contribution in [0.15, 0.2) is 0 Å². The first-order valence-corrected chi connectivity index (χ1v) is 5.77. The maximum Gasteiger partial charge on any atom is 0.0661 e. The van der Waals surface area contributed by atoms with Gasteiger partial charge in [0.1, 0.15) is 0 Å². The van der Waals surface area contributed by atoms with Gasteiger partial charge in [0, 0.05) is 0 Å². The summed E-state index contributed by atoms with van der Waals surface area (Å²) in [5.41, 5.74) is 0.464. The highest BCUT2D eigenvalue weighted by Crippen LogP contribution is 2.50. The summed E-state index contributed by atoms with van der Waals surface area (Å²) < 4.78 is 0. The van der Waals surface area contributed by atoms with Crippen LogP contribution >= 0.6 is 0 Å². The van der Waals surface area contributed by atoms with Crippen molar-refractivity contribution in [3.63, 3.8) is 0 Å². The van der Waals surface area contributed by atoms with E-state index in [-0.39, 0.29) is 0 Å². The summed E-state index contributed by atoms with van der Waals surface area (Å²) in [7, 11) is 0. The first kappa shape index (κ1) is 9.06. The third-order valence-electron chi connectivity index (χ3n) is 4.16. The molecule has 72 valence electrons. The van der Waals surface area contributed by atoms with Crippen LogP contribution in [0.2, 0.25) is 0 Å². The van der Waals surface area contributed by atoms with E-state index in [1.165, 1.54) is 57.8 Å². The Labute approximate surface area is 81.1 Å². The predicted octanol–water partition coefficient (Wildman–Crippen LogP) is 3.65. The molecule has 0 aromatic carbocycles. The van der Waals surface area contributed by atoms with Gasteiger partial charge in [-0.3, -0.25) is 0 Å². The van der Waals surface area contributed by atoms with Crippen molar-refractivity contribution in [1.29, 1.82) is 5.26 Å². The second-order valence-corrected chi connectivity index (χ2v) is 4.85. The Morgan fingerprint density at radius 1 is 0.923 bits per heavy atom. The fraction of sp³-hybridized carbons (Fsp3) is 0.917. The van der Waals surface area contributed by atoms with Gasteiger partial charge in [-0.05, 0) is 31.1 Å². The summed E-state index contributed by atoms with van der Waals surface area (Å²) in [5, 5.41) is 9.16. The SMILES string of the molecule is N#CC1CCCCC12CCCCC2. The Hall–Kier alpha value is -0.510. The van der Waals surface area contributed by atoms with Crippen molar-refractivity contribution in [3.05, 3.63) is 0 Å². The van der Waals surface area contributed by atoms with Crippen molar-refractivity contribution in [2.45, 2.75) is 57.8 Å². The van der Waals surface area contributed by atoms with Crippen molar-refractivity contribution in [2.75, 3.05) is 0 Å². The van der Waals surface area contributed by atoms with Gasteiger partial charge in [0.2, 0.25) is 0 Å². The summed E-state index contributed by atoms with van der Waals surface area (Å²) >= 11 is 0. The molecule has 2 aliphatic carbocycles. The van der Waals surface area contributed by atoms with Crippen molar-refractivity contribution in [1.82, 2.24) is 0 Å². The minimum atomic E-state index is 0.390. The minimum absolute atomic E-state index is 0.390. The molecule has 0 N–H and O–H groups in total. The lowest BCUT2D eigenvalue weighted by Crippen LogP contribution is -2.34. The third kappa shape index (κ3) is 1.59. The van der Waals surface area contributed by atoms with Crippen LogP contribution in [-0.4, -0.2) is 0 Å². The summed E-state index contributed by atoms with van der Waals surface area (Å²) in [6.07, 6.45) is 12.0. The predicted molar refractivity (Wildman–Crippen MR) is 53.1 cm³/mol. The van der Waals surface area contributed by atoms with E-state index in [2.05, 4.69) is 6.07 Å². The summed E-state index contributed by atoms with van der Waals surface area (Å²) in [5.74, 6) is 0.390. The van der Waals surface area contributed by atoms with Gasteiger partial charge in [-0.25, -0.2) is 0 Å². The molecule has 0 aliphatic heterocycles. The van der Waals surface area contributed by atoms with Crippen LogP contribution in [0.25, 0.3) is 0 Å². The zero-order valence-corrected chi connectivity index (χ0v) is 8.39. The minimum Gasteiger partial charge on any atom is -0.198 e. The third-order valence-corrected chi connectivity index (χ3v) is 4.16. The average molecular weight is 177 g/mol. The molecule has 2 fully saturated rings. The van der Waals surface area contributed by atoms with E-state index in [1.807, 2.05) is 0 Å². The molecule has 0 heterocycles. The summed E-state index contributed by atoms with van der Waals surface area (Å²) in [6, 6.07) is 2.56. The topological polar surface area (TPSA) is 23.8 Å². The van der Waals surface area contributed by atoms with Crippen molar-refractivity contribution >= 4 is 0 Å². The molecule has 2 rings (SSSR count). The van der Waals surface area contributed by atoms with Crippen LogP contribution in [0.1, 0.15) is 57.8 Å². The molecule has 0 saturated heterocycles. The monoisotopic (exact) mass is 177 g/mol.